The van der Waals surface area contributed by atoms with Gasteiger partial charge in [0.1, 0.15) is 18.4 Å². The molecule has 4 rings (SSSR count). The van der Waals surface area contributed by atoms with Crippen molar-refractivity contribution < 1.29 is 23.9 Å². The summed E-state index contributed by atoms with van der Waals surface area (Å²) in [5, 5.41) is 10.7. The van der Waals surface area contributed by atoms with Crippen LogP contribution in [0.2, 0.25) is 0 Å². The van der Waals surface area contributed by atoms with Crippen LogP contribution in [0.4, 0.5) is 5.69 Å². The maximum absolute atomic E-state index is 10.7. The molecule has 0 spiro atoms. The van der Waals surface area contributed by atoms with Gasteiger partial charge in [0, 0.05) is 24.2 Å². The number of non-ortho nitro benzene ring substituents is 1. The van der Waals surface area contributed by atoms with Gasteiger partial charge in [0.25, 0.3) is 5.69 Å². The molecule has 0 amide bonds. The van der Waals surface area contributed by atoms with E-state index in [4.69, 9.17) is 18.9 Å². The first-order valence-corrected chi connectivity index (χ1v) is 9.13. The highest BCUT2D eigenvalue weighted by molar-refractivity contribution is 5.62. The van der Waals surface area contributed by atoms with Gasteiger partial charge >= 0.3 is 0 Å². The number of ether oxygens (including phenoxy) is 4. The van der Waals surface area contributed by atoms with Crippen LogP contribution in [0.5, 0.6) is 23.0 Å². The van der Waals surface area contributed by atoms with Crippen molar-refractivity contribution in [3.8, 4) is 34.8 Å². The van der Waals surface area contributed by atoms with Gasteiger partial charge in [0.15, 0.2) is 11.5 Å². The lowest BCUT2D eigenvalue weighted by atomic mass is 9.91. The Morgan fingerprint density at radius 1 is 1.31 bits per heavy atom. The Labute approximate surface area is 168 Å². The summed E-state index contributed by atoms with van der Waals surface area (Å²) in [4.78, 5) is 12.4. The summed E-state index contributed by atoms with van der Waals surface area (Å²) in [6.07, 6.45) is 0.871. The number of nitro benzene ring substituents is 1. The molecule has 2 aliphatic heterocycles. The van der Waals surface area contributed by atoms with Gasteiger partial charge in [-0.3, -0.25) is 15.0 Å². The summed E-state index contributed by atoms with van der Waals surface area (Å²) in [6.45, 7) is 1.21. The molecule has 0 radical (unpaired) electrons. The quantitative estimate of drug-likeness (QED) is 0.446. The van der Waals surface area contributed by atoms with Crippen molar-refractivity contribution >= 4 is 5.69 Å². The Balaban J connectivity index is 1.54. The minimum Gasteiger partial charge on any atom is -0.492 e. The van der Waals surface area contributed by atoms with Gasteiger partial charge in [-0.25, -0.2) is 0 Å². The van der Waals surface area contributed by atoms with Crippen molar-refractivity contribution in [1.29, 1.82) is 0 Å². The van der Waals surface area contributed by atoms with E-state index in [9.17, 15) is 10.1 Å². The van der Waals surface area contributed by atoms with Crippen LogP contribution in [0.25, 0.3) is 0 Å². The standard InChI is InChI=1S/C21H20N2O6/c1-22-10-9-14-12-18-20(29-13-28-18)21(26-2)19(14)17(22)4-3-11-27-16-7-5-15(6-8-16)23(24)25/h5-8,12,17H,9-11,13H2,1-2H3. The van der Waals surface area contributed by atoms with Gasteiger partial charge in [-0.2, -0.15) is 0 Å². The molecular weight excluding hydrogens is 376 g/mol. The molecule has 0 aromatic heterocycles. The summed E-state index contributed by atoms with van der Waals surface area (Å²) in [6, 6.07) is 7.78. The van der Waals surface area contributed by atoms with Gasteiger partial charge < -0.3 is 18.9 Å². The first-order valence-electron chi connectivity index (χ1n) is 9.13. The molecule has 0 saturated carbocycles. The molecule has 0 saturated heterocycles. The van der Waals surface area contributed by atoms with Gasteiger partial charge in [0.05, 0.1) is 12.0 Å². The van der Waals surface area contributed by atoms with E-state index in [1.807, 2.05) is 13.1 Å². The van der Waals surface area contributed by atoms with Gasteiger partial charge in [-0.05, 0) is 37.2 Å². The Kier molecular flexibility index (Phi) is 5.14. The number of likely N-dealkylation sites (N-methyl/N-ethyl adjacent to an activating group) is 1. The monoisotopic (exact) mass is 396 g/mol. The first kappa shape index (κ1) is 18.9. The fourth-order valence-corrected chi connectivity index (χ4v) is 3.54. The van der Waals surface area contributed by atoms with E-state index in [2.05, 4.69) is 16.7 Å². The van der Waals surface area contributed by atoms with Crippen LogP contribution in [0, 0.1) is 22.0 Å². The third-order valence-electron chi connectivity index (χ3n) is 4.99. The lowest BCUT2D eigenvalue weighted by Crippen LogP contribution is -2.31. The molecule has 8 heteroatoms. The highest BCUT2D eigenvalue weighted by Gasteiger charge is 2.33. The van der Waals surface area contributed by atoms with Crippen LogP contribution in [-0.4, -0.2) is 43.9 Å². The van der Waals surface area contributed by atoms with Gasteiger partial charge in [-0.1, -0.05) is 11.8 Å². The second kappa shape index (κ2) is 7.89. The van der Waals surface area contributed by atoms with Crippen LogP contribution >= 0.6 is 0 Å². The Hall–Kier alpha value is -3.44. The summed E-state index contributed by atoms with van der Waals surface area (Å²) in [7, 11) is 3.64. The zero-order valence-electron chi connectivity index (χ0n) is 16.1. The maximum atomic E-state index is 10.7. The molecule has 0 aliphatic carbocycles. The summed E-state index contributed by atoms with van der Waals surface area (Å²) in [5.74, 6) is 8.84. The predicted molar refractivity (Wildman–Crippen MR) is 105 cm³/mol. The second-order valence-corrected chi connectivity index (χ2v) is 6.71. The fourth-order valence-electron chi connectivity index (χ4n) is 3.54. The molecule has 2 heterocycles. The molecule has 8 nitrogen and oxygen atoms in total. The fraction of sp³-hybridized carbons (Fsp3) is 0.333. The number of fused-ring (bicyclic) bond motifs is 2. The lowest BCUT2D eigenvalue weighted by Gasteiger charge is -2.32. The number of benzene rings is 2. The Bertz CT molecular complexity index is 993. The molecule has 150 valence electrons. The van der Waals surface area contributed by atoms with E-state index < -0.39 is 4.92 Å². The average molecular weight is 396 g/mol. The number of hydrogen-bond donors (Lipinski definition) is 0. The summed E-state index contributed by atoms with van der Waals surface area (Å²) < 4.78 is 22.4. The summed E-state index contributed by atoms with van der Waals surface area (Å²) in [5.41, 5.74) is 2.16. The number of rotatable bonds is 4. The Morgan fingerprint density at radius 2 is 2.10 bits per heavy atom. The topological polar surface area (TPSA) is 83.3 Å². The van der Waals surface area contributed by atoms with Crippen LogP contribution < -0.4 is 18.9 Å². The number of nitro groups is 1. The number of methoxy groups -OCH3 is 1. The van der Waals surface area contributed by atoms with E-state index in [1.54, 1.807) is 19.2 Å². The third kappa shape index (κ3) is 3.65. The van der Waals surface area contributed by atoms with Gasteiger partial charge in [0.2, 0.25) is 12.5 Å². The second-order valence-electron chi connectivity index (χ2n) is 6.71. The van der Waals surface area contributed by atoms with E-state index in [0.29, 0.717) is 23.0 Å². The van der Waals surface area contributed by atoms with Crippen molar-refractivity contribution in [2.75, 3.05) is 34.1 Å². The minimum absolute atomic E-state index is 0.0229. The molecule has 0 fully saturated rings. The molecule has 1 unspecified atom stereocenters. The van der Waals surface area contributed by atoms with Crippen molar-refractivity contribution in [3.63, 3.8) is 0 Å². The number of nitrogens with zero attached hydrogens (tertiary/aromatic N) is 2. The third-order valence-corrected chi connectivity index (χ3v) is 4.99. The predicted octanol–water partition coefficient (Wildman–Crippen LogP) is 2.94. The van der Waals surface area contributed by atoms with E-state index in [-0.39, 0.29) is 25.1 Å². The first-order chi connectivity index (χ1) is 14.1. The lowest BCUT2D eigenvalue weighted by molar-refractivity contribution is -0.384. The van der Waals surface area contributed by atoms with E-state index in [1.165, 1.54) is 12.1 Å². The molecule has 0 bridgehead atoms. The van der Waals surface area contributed by atoms with E-state index in [0.717, 1.165) is 24.1 Å². The Morgan fingerprint density at radius 3 is 2.83 bits per heavy atom. The van der Waals surface area contributed by atoms with Crippen LogP contribution in [0.3, 0.4) is 0 Å². The highest BCUT2D eigenvalue weighted by atomic mass is 16.7. The SMILES string of the molecule is COc1c2c(cc3c1C(C#CCOc1ccc([N+](=O)[O-])cc1)N(C)CC3)OCO2. The van der Waals surface area contributed by atoms with Crippen molar-refractivity contribution in [2.24, 2.45) is 0 Å². The van der Waals surface area contributed by atoms with E-state index >= 15 is 0 Å². The summed E-state index contributed by atoms with van der Waals surface area (Å²) >= 11 is 0. The number of hydrogen-bond acceptors (Lipinski definition) is 7. The highest BCUT2D eigenvalue weighted by Crippen LogP contribution is 2.49. The van der Waals surface area contributed by atoms with Gasteiger partial charge in [-0.15, -0.1) is 0 Å². The molecular formula is C21H20N2O6. The average Bonchev–Trinajstić information content (AvgIpc) is 3.19. The minimum atomic E-state index is -0.446. The largest absolute Gasteiger partial charge is 0.492 e. The van der Waals surface area contributed by atoms with Crippen LogP contribution in [0.15, 0.2) is 30.3 Å². The zero-order valence-corrected chi connectivity index (χ0v) is 16.1. The van der Waals surface area contributed by atoms with Crippen molar-refractivity contribution in [2.45, 2.75) is 12.5 Å². The smallest absolute Gasteiger partial charge is 0.269 e. The van der Waals surface area contributed by atoms with Crippen LogP contribution in [-0.2, 0) is 6.42 Å². The molecule has 0 N–H and O–H groups in total. The van der Waals surface area contributed by atoms with Crippen molar-refractivity contribution in [3.05, 3.63) is 51.6 Å². The molecule has 29 heavy (non-hydrogen) atoms. The molecule has 1 atom stereocenters. The maximum Gasteiger partial charge on any atom is 0.269 e. The zero-order chi connectivity index (χ0) is 20.4. The normalized spacial score (nSPS) is 17.1. The molecule has 2 aromatic carbocycles. The molecule has 2 aliphatic rings. The van der Waals surface area contributed by atoms with Crippen molar-refractivity contribution in [1.82, 2.24) is 4.90 Å². The van der Waals surface area contributed by atoms with Crippen LogP contribution in [0.1, 0.15) is 17.2 Å². The molecule has 2 aromatic rings.